The lowest BCUT2D eigenvalue weighted by atomic mass is 9.83. The second kappa shape index (κ2) is 10.5. The van der Waals surface area contributed by atoms with Crippen molar-refractivity contribution in [1.29, 1.82) is 5.26 Å². The zero-order chi connectivity index (χ0) is 20.5. The predicted octanol–water partition coefficient (Wildman–Crippen LogP) is 5.72. The maximum Gasteiger partial charge on any atom is 0.176 e. The average Bonchev–Trinajstić information content (AvgIpc) is 3.21. The predicted molar refractivity (Wildman–Crippen MR) is 111 cm³/mol. The highest BCUT2D eigenvalue weighted by atomic mass is 19.1. The number of halogens is 1. The van der Waals surface area contributed by atoms with Crippen LogP contribution >= 0.6 is 0 Å². The second-order valence-corrected chi connectivity index (χ2v) is 8.07. The SMILES string of the molecule is CCCCc1cnc(C#N)c(F)c1.c1ccc([C@@H]2CCOC3(CCCC3)C2)nc1. The van der Waals surface area contributed by atoms with Gasteiger partial charge in [0.25, 0.3) is 0 Å². The first-order valence-electron chi connectivity index (χ1n) is 10.8. The molecule has 1 atom stereocenters. The first-order valence-corrected chi connectivity index (χ1v) is 10.8. The van der Waals surface area contributed by atoms with Crippen LogP contribution in [0.5, 0.6) is 0 Å². The number of nitriles is 1. The van der Waals surface area contributed by atoms with Crippen molar-refractivity contribution in [3.8, 4) is 6.07 Å². The summed E-state index contributed by atoms with van der Waals surface area (Å²) in [7, 11) is 0. The van der Waals surface area contributed by atoms with Crippen LogP contribution in [0.3, 0.4) is 0 Å². The molecule has 0 N–H and O–H groups in total. The van der Waals surface area contributed by atoms with Crippen LogP contribution in [-0.2, 0) is 11.2 Å². The Labute approximate surface area is 173 Å². The second-order valence-electron chi connectivity index (χ2n) is 8.07. The Morgan fingerprint density at radius 3 is 2.76 bits per heavy atom. The molecule has 0 unspecified atom stereocenters. The van der Waals surface area contributed by atoms with Crippen LogP contribution < -0.4 is 0 Å². The van der Waals surface area contributed by atoms with Crippen LogP contribution in [0.15, 0.2) is 36.7 Å². The minimum Gasteiger partial charge on any atom is -0.375 e. The molecule has 1 saturated heterocycles. The monoisotopic (exact) mass is 395 g/mol. The Kier molecular flexibility index (Phi) is 7.71. The van der Waals surface area contributed by atoms with E-state index in [0.29, 0.717) is 5.92 Å². The lowest BCUT2D eigenvalue weighted by Crippen LogP contribution is -2.36. The van der Waals surface area contributed by atoms with E-state index in [1.54, 1.807) is 12.3 Å². The molecule has 2 fully saturated rings. The molecule has 2 aliphatic rings. The van der Waals surface area contributed by atoms with Gasteiger partial charge in [0.15, 0.2) is 11.5 Å². The number of aryl methyl sites for hydroxylation is 1. The highest BCUT2D eigenvalue weighted by Gasteiger charge is 2.40. The van der Waals surface area contributed by atoms with Gasteiger partial charge in [0.1, 0.15) is 6.07 Å². The minimum atomic E-state index is -0.517. The van der Waals surface area contributed by atoms with Crippen LogP contribution in [0.2, 0.25) is 0 Å². The van der Waals surface area contributed by atoms with E-state index in [9.17, 15) is 4.39 Å². The summed E-state index contributed by atoms with van der Waals surface area (Å²) < 4.78 is 19.0. The summed E-state index contributed by atoms with van der Waals surface area (Å²) in [6, 6.07) is 9.34. The highest BCUT2D eigenvalue weighted by molar-refractivity contribution is 5.25. The van der Waals surface area contributed by atoms with E-state index in [1.807, 2.05) is 12.3 Å². The fourth-order valence-electron chi connectivity index (χ4n) is 4.34. The van der Waals surface area contributed by atoms with Gasteiger partial charge in [-0.1, -0.05) is 32.3 Å². The van der Waals surface area contributed by atoms with Gasteiger partial charge in [0, 0.05) is 30.6 Å². The van der Waals surface area contributed by atoms with Gasteiger partial charge in [-0.25, -0.2) is 9.37 Å². The normalized spacial score (nSPS) is 20.0. The van der Waals surface area contributed by atoms with Gasteiger partial charge in [-0.15, -0.1) is 0 Å². The Morgan fingerprint density at radius 2 is 2.10 bits per heavy atom. The Balaban J connectivity index is 0.000000170. The molecule has 2 aromatic rings. The molecule has 1 aliphatic carbocycles. The van der Waals surface area contributed by atoms with Crippen molar-refractivity contribution in [3.05, 3.63) is 59.4 Å². The summed E-state index contributed by atoms with van der Waals surface area (Å²) in [6.45, 7) is 2.99. The van der Waals surface area contributed by atoms with E-state index in [0.717, 1.165) is 37.9 Å². The third-order valence-corrected chi connectivity index (χ3v) is 5.94. The lowest BCUT2D eigenvalue weighted by molar-refractivity contribution is -0.0809. The molecule has 29 heavy (non-hydrogen) atoms. The lowest BCUT2D eigenvalue weighted by Gasteiger charge is -2.38. The van der Waals surface area contributed by atoms with Gasteiger partial charge in [-0.2, -0.15) is 5.26 Å². The smallest absolute Gasteiger partial charge is 0.176 e. The zero-order valence-electron chi connectivity index (χ0n) is 17.2. The third kappa shape index (κ3) is 5.83. The van der Waals surface area contributed by atoms with Crippen molar-refractivity contribution in [3.63, 3.8) is 0 Å². The summed E-state index contributed by atoms with van der Waals surface area (Å²) in [6.07, 6.45) is 13.9. The van der Waals surface area contributed by atoms with Gasteiger partial charge in [-0.05, 0) is 62.3 Å². The highest BCUT2D eigenvalue weighted by Crippen LogP contribution is 2.44. The summed E-state index contributed by atoms with van der Waals surface area (Å²) >= 11 is 0. The fourth-order valence-corrected chi connectivity index (χ4v) is 4.34. The van der Waals surface area contributed by atoms with E-state index in [-0.39, 0.29) is 11.3 Å². The maximum atomic E-state index is 13.0. The number of hydrogen-bond acceptors (Lipinski definition) is 4. The first kappa shape index (κ1) is 21.4. The molecule has 1 aliphatic heterocycles. The summed E-state index contributed by atoms with van der Waals surface area (Å²) in [5.41, 5.74) is 2.20. The number of unbranched alkanes of at least 4 members (excludes halogenated alkanes) is 1. The molecule has 154 valence electrons. The van der Waals surface area contributed by atoms with Crippen LogP contribution in [0.1, 0.15) is 81.2 Å². The molecule has 2 aromatic heterocycles. The van der Waals surface area contributed by atoms with Crippen molar-refractivity contribution in [2.24, 2.45) is 0 Å². The molecule has 5 heteroatoms. The topological polar surface area (TPSA) is 58.8 Å². The van der Waals surface area contributed by atoms with E-state index in [4.69, 9.17) is 10.00 Å². The molecule has 1 spiro atoms. The van der Waals surface area contributed by atoms with Gasteiger partial charge >= 0.3 is 0 Å². The molecule has 4 nitrogen and oxygen atoms in total. The summed E-state index contributed by atoms with van der Waals surface area (Å²) in [5, 5.41) is 8.43. The largest absolute Gasteiger partial charge is 0.375 e. The van der Waals surface area contributed by atoms with Crippen molar-refractivity contribution in [2.45, 2.75) is 76.2 Å². The molecule has 0 radical (unpaired) electrons. The molecule has 3 heterocycles. The van der Waals surface area contributed by atoms with Gasteiger partial charge in [0.05, 0.1) is 5.60 Å². The molecular weight excluding hydrogens is 365 g/mol. The average molecular weight is 396 g/mol. The van der Waals surface area contributed by atoms with Gasteiger partial charge < -0.3 is 4.74 Å². The maximum absolute atomic E-state index is 13.0. The fraction of sp³-hybridized carbons (Fsp3) is 0.542. The summed E-state index contributed by atoms with van der Waals surface area (Å²) in [5.74, 6) is 0.101. The number of pyridine rings is 2. The van der Waals surface area contributed by atoms with Crippen molar-refractivity contribution in [2.75, 3.05) is 6.61 Å². The van der Waals surface area contributed by atoms with Crippen molar-refractivity contribution < 1.29 is 9.13 Å². The Bertz CT molecular complexity index is 813. The van der Waals surface area contributed by atoms with Crippen LogP contribution in [0.4, 0.5) is 4.39 Å². The van der Waals surface area contributed by atoms with Gasteiger partial charge in [-0.3, -0.25) is 4.98 Å². The molecule has 0 aromatic carbocycles. The summed E-state index contributed by atoms with van der Waals surface area (Å²) in [4.78, 5) is 8.21. The van der Waals surface area contributed by atoms with Crippen molar-refractivity contribution in [1.82, 2.24) is 9.97 Å². The minimum absolute atomic E-state index is 0.125. The standard InChI is InChI=1S/C14H19NO.C10H11FN2/c1-4-9-15-13(5-1)12-6-10-16-14(11-12)7-2-3-8-14;1-2-3-4-8-5-9(11)10(6-12)13-7-8/h1,4-5,9,12H,2-3,6-8,10-11H2;5,7H,2-4H2,1H3/t12-;/m1./s1. The van der Waals surface area contributed by atoms with Crippen molar-refractivity contribution >= 4 is 0 Å². The van der Waals surface area contributed by atoms with E-state index in [1.165, 1.54) is 43.9 Å². The van der Waals surface area contributed by atoms with Crippen LogP contribution in [0, 0.1) is 17.1 Å². The van der Waals surface area contributed by atoms with Crippen LogP contribution in [-0.4, -0.2) is 22.2 Å². The van der Waals surface area contributed by atoms with E-state index < -0.39 is 5.82 Å². The molecule has 4 rings (SSSR count). The molecule has 0 bridgehead atoms. The molecule has 1 saturated carbocycles. The van der Waals surface area contributed by atoms with Crippen LogP contribution in [0.25, 0.3) is 0 Å². The number of ether oxygens (including phenoxy) is 1. The van der Waals surface area contributed by atoms with E-state index >= 15 is 0 Å². The number of hydrogen-bond donors (Lipinski definition) is 0. The number of rotatable bonds is 4. The first-order chi connectivity index (χ1) is 14.2. The van der Waals surface area contributed by atoms with Gasteiger partial charge in [0.2, 0.25) is 0 Å². The molecule has 0 amide bonds. The number of aromatic nitrogens is 2. The Hall–Kier alpha value is -2.32. The zero-order valence-corrected chi connectivity index (χ0v) is 17.2. The quantitative estimate of drug-likeness (QED) is 0.664. The third-order valence-electron chi connectivity index (χ3n) is 5.94. The Morgan fingerprint density at radius 1 is 1.28 bits per heavy atom. The van der Waals surface area contributed by atoms with E-state index in [2.05, 4.69) is 29.0 Å². The molecular formula is C24H30FN3O. The number of nitrogens with zero attached hydrogens (tertiary/aromatic N) is 3.